The molecule has 1 atom stereocenters. The maximum Gasteiger partial charge on any atom is 0.115 e. The number of aliphatic hydroxyl groups is 1. The molecule has 3 N–H and O–H groups in total. The van der Waals surface area contributed by atoms with Gasteiger partial charge < -0.3 is 20.4 Å². The zero-order valence-electron chi connectivity index (χ0n) is 11.3. The van der Waals surface area contributed by atoms with E-state index in [1.54, 1.807) is 12.1 Å². The fraction of sp³-hybridized carbons (Fsp3) is 0.571. The Morgan fingerprint density at radius 2 is 1.94 bits per heavy atom. The van der Waals surface area contributed by atoms with Gasteiger partial charge in [0.2, 0.25) is 0 Å². The normalized spacial score (nSPS) is 12.9. The Balaban J connectivity index is 2.18. The maximum absolute atomic E-state index is 9.18. The third kappa shape index (κ3) is 6.00. The van der Waals surface area contributed by atoms with Gasteiger partial charge in [0.05, 0.1) is 6.61 Å². The van der Waals surface area contributed by atoms with Gasteiger partial charge in [-0.05, 0) is 44.6 Å². The molecule has 0 aliphatic rings. The Labute approximate surface area is 109 Å². The largest absolute Gasteiger partial charge is 0.508 e. The first-order chi connectivity index (χ1) is 8.61. The minimum absolute atomic E-state index is 0.205. The zero-order chi connectivity index (χ0) is 13.4. The number of nitrogens with one attached hydrogen (secondary N) is 1. The molecule has 1 rings (SSSR count). The molecule has 0 fully saturated rings. The molecule has 102 valence electrons. The quantitative estimate of drug-likeness (QED) is 0.642. The molecule has 1 aromatic carbocycles. The Kier molecular flexibility index (Phi) is 6.72. The lowest BCUT2D eigenvalue weighted by atomic mass is 10.1. The summed E-state index contributed by atoms with van der Waals surface area (Å²) in [4.78, 5) is 2.11. The van der Waals surface area contributed by atoms with E-state index in [0.717, 1.165) is 19.5 Å². The van der Waals surface area contributed by atoms with E-state index in [-0.39, 0.29) is 6.61 Å². The number of phenols is 1. The molecule has 1 aromatic rings. The van der Waals surface area contributed by atoms with E-state index in [1.165, 1.54) is 5.56 Å². The molecule has 1 unspecified atom stereocenters. The number of nitrogens with zero attached hydrogens (tertiary/aromatic N) is 1. The third-order valence-electron chi connectivity index (χ3n) is 2.91. The van der Waals surface area contributed by atoms with Gasteiger partial charge in [-0.25, -0.2) is 0 Å². The number of aromatic hydroxyl groups is 1. The highest BCUT2D eigenvalue weighted by Crippen LogP contribution is 2.09. The fourth-order valence-electron chi connectivity index (χ4n) is 1.92. The Morgan fingerprint density at radius 1 is 1.28 bits per heavy atom. The van der Waals surface area contributed by atoms with Crippen LogP contribution in [0.2, 0.25) is 0 Å². The van der Waals surface area contributed by atoms with Crippen molar-refractivity contribution < 1.29 is 10.2 Å². The first kappa shape index (κ1) is 15.0. The highest BCUT2D eigenvalue weighted by Gasteiger charge is 2.04. The van der Waals surface area contributed by atoms with E-state index in [2.05, 4.69) is 17.1 Å². The second-order valence-electron chi connectivity index (χ2n) is 4.76. The maximum atomic E-state index is 9.18. The molecule has 0 saturated carbocycles. The predicted octanol–water partition coefficient (Wildman–Crippen LogP) is 0.837. The first-order valence-corrected chi connectivity index (χ1v) is 6.42. The van der Waals surface area contributed by atoms with Crippen LogP contribution in [-0.2, 0) is 6.42 Å². The van der Waals surface area contributed by atoms with Crippen LogP contribution in [0.1, 0.15) is 12.5 Å². The first-order valence-electron chi connectivity index (χ1n) is 6.42. The van der Waals surface area contributed by atoms with Crippen molar-refractivity contribution in [3.05, 3.63) is 29.8 Å². The van der Waals surface area contributed by atoms with Crippen LogP contribution in [0.3, 0.4) is 0 Å². The number of likely N-dealkylation sites (N-methyl/N-ethyl adjacent to an activating group) is 1. The van der Waals surface area contributed by atoms with Crippen molar-refractivity contribution in [1.82, 2.24) is 10.2 Å². The second-order valence-corrected chi connectivity index (χ2v) is 4.76. The van der Waals surface area contributed by atoms with Crippen LogP contribution in [0.25, 0.3) is 0 Å². The van der Waals surface area contributed by atoms with Crippen LogP contribution < -0.4 is 5.32 Å². The van der Waals surface area contributed by atoms with Crippen LogP contribution in [-0.4, -0.2) is 54.4 Å². The van der Waals surface area contributed by atoms with Crippen molar-refractivity contribution in [3.8, 4) is 5.75 Å². The number of aliphatic hydroxyl groups excluding tert-OH is 1. The molecular weight excluding hydrogens is 228 g/mol. The van der Waals surface area contributed by atoms with Crippen molar-refractivity contribution in [3.63, 3.8) is 0 Å². The van der Waals surface area contributed by atoms with E-state index in [9.17, 15) is 5.11 Å². The molecule has 18 heavy (non-hydrogen) atoms. The van der Waals surface area contributed by atoms with Gasteiger partial charge in [-0.1, -0.05) is 12.1 Å². The molecule has 0 aromatic heterocycles. The summed E-state index contributed by atoms with van der Waals surface area (Å²) in [5, 5.41) is 21.4. The third-order valence-corrected chi connectivity index (χ3v) is 2.91. The Morgan fingerprint density at radius 3 is 2.56 bits per heavy atom. The smallest absolute Gasteiger partial charge is 0.115 e. The summed E-state index contributed by atoms with van der Waals surface area (Å²) in [5.41, 5.74) is 1.22. The molecule has 0 aliphatic heterocycles. The summed E-state index contributed by atoms with van der Waals surface area (Å²) in [6.07, 6.45) is 0.953. The molecule has 0 spiro atoms. The van der Waals surface area contributed by atoms with E-state index >= 15 is 0 Å². The summed E-state index contributed by atoms with van der Waals surface area (Å²) >= 11 is 0. The standard InChI is InChI=1S/C14H24N2O2/c1-12(11-16(2)9-10-17)15-8-7-13-3-5-14(18)6-4-13/h3-6,12,15,17-18H,7-11H2,1-2H3. The minimum Gasteiger partial charge on any atom is -0.508 e. The number of rotatable bonds is 8. The van der Waals surface area contributed by atoms with Crippen molar-refractivity contribution in [2.75, 3.05) is 33.3 Å². The molecule has 4 heteroatoms. The molecule has 0 aliphatic carbocycles. The molecule has 0 bridgehead atoms. The van der Waals surface area contributed by atoms with Gasteiger partial charge in [-0.2, -0.15) is 0 Å². The summed E-state index contributed by atoms with van der Waals surface area (Å²) in [5.74, 6) is 0.311. The van der Waals surface area contributed by atoms with Crippen LogP contribution in [0.15, 0.2) is 24.3 Å². The summed E-state index contributed by atoms with van der Waals surface area (Å²) < 4.78 is 0. The van der Waals surface area contributed by atoms with E-state index in [4.69, 9.17) is 5.11 Å². The lowest BCUT2D eigenvalue weighted by Crippen LogP contribution is -2.39. The number of phenolic OH excluding ortho intramolecular Hbond substituents is 1. The van der Waals surface area contributed by atoms with Gasteiger partial charge in [-0.15, -0.1) is 0 Å². The van der Waals surface area contributed by atoms with Crippen LogP contribution in [0, 0.1) is 0 Å². The highest BCUT2D eigenvalue weighted by molar-refractivity contribution is 5.25. The van der Waals surface area contributed by atoms with E-state index in [1.807, 2.05) is 19.2 Å². The Hall–Kier alpha value is -1.10. The average molecular weight is 252 g/mol. The Bertz CT molecular complexity index is 327. The lowest BCUT2D eigenvalue weighted by Gasteiger charge is -2.21. The molecule has 4 nitrogen and oxygen atoms in total. The lowest BCUT2D eigenvalue weighted by molar-refractivity contribution is 0.211. The van der Waals surface area contributed by atoms with Gasteiger partial charge in [-0.3, -0.25) is 0 Å². The molecule has 0 radical (unpaired) electrons. The molecule has 0 heterocycles. The van der Waals surface area contributed by atoms with Crippen molar-refractivity contribution in [1.29, 1.82) is 0 Å². The highest BCUT2D eigenvalue weighted by atomic mass is 16.3. The fourth-order valence-corrected chi connectivity index (χ4v) is 1.92. The number of hydrogen-bond acceptors (Lipinski definition) is 4. The zero-order valence-corrected chi connectivity index (χ0v) is 11.3. The van der Waals surface area contributed by atoms with Gasteiger partial charge in [0.1, 0.15) is 5.75 Å². The monoisotopic (exact) mass is 252 g/mol. The topological polar surface area (TPSA) is 55.7 Å². The predicted molar refractivity (Wildman–Crippen MR) is 73.9 cm³/mol. The molecular formula is C14H24N2O2. The SMILES string of the molecule is CC(CN(C)CCO)NCCc1ccc(O)cc1. The number of hydrogen-bond donors (Lipinski definition) is 3. The summed E-state index contributed by atoms with van der Waals surface area (Å²) in [7, 11) is 2.01. The van der Waals surface area contributed by atoms with Crippen LogP contribution >= 0.6 is 0 Å². The molecule has 0 amide bonds. The van der Waals surface area contributed by atoms with Gasteiger partial charge >= 0.3 is 0 Å². The molecule has 0 saturated heterocycles. The average Bonchev–Trinajstić information content (AvgIpc) is 2.32. The number of benzene rings is 1. The van der Waals surface area contributed by atoms with Crippen molar-refractivity contribution in [2.24, 2.45) is 0 Å². The van der Waals surface area contributed by atoms with Gasteiger partial charge in [0.25, 0.3) is 0 Å². The summed E-state index contributed by atoms with van der Waals surface area (Å²) in [6.45, 7) is 4.90. The van der Waals surface area contributed by atoms with Crippen molar-refractivity contribution >= 4 is 0 Å². The van der Waals surface area contributed by atoms with Crippen LogP contribution in [0.5, 0.6) is 5.75 Å². The van der Waals surface area contributed by atoms with E-state index < -0.39 is 0 Å². The van der Waals surface area contributed by atoms with Crippen LogP contribution in [0.4, 0.5) is 0 Å². The van der Waals surface area contributed by atoms with Crippen molar-refractivity contribution in [2.45, 2.75) is 19.4 Å². The summed E-state index contributed by atoms with van der Waals surface area (Å²) in [6, 6.07) is 7.72. The minimum atomic E-state index is 0.205. The second kappa shape index (κ2) is 8.08. The van der Waals surface area contributed by atoms with E-state index in [0.29, 0.717) is 18.3 Å². The van der Waals surface area contributed by atoms with Gasteiger partial charge in [0.15, 0.2) is 0 Å². The van der Waals surface area contributed by atoms with Gasteiger partial charge in [0, 0.05) is 19.1 Å².